The minimum Gasteiger partial charge on any atom is -0.361 e. The van der Waals surface area contributed by atoms with Gasteiger partial charge in [0, 0.05) is 19.3 Å². The predicted octanol–water partition coefficient (Wildman–Crippen LogP) is 1.86. The van der Waals surface area contributed by atoms with E-state index >= 15 is 0 Å². The molecule has 0 aromatic carbocycles. The molecule has 9 heteroatoms. The van der Waals surface area contributed by atoms with Gasteiger partial charge in [0.1, 0.15) is 18.0 Å². The van der Waals surface area contributed by atoms with Crippen molar-refractivity contribution in [1.82, 2.24) is 19.8 Å². The molecule has 1 amide bonds. The van der Waals surface area contributed by atoms with E-state index in [2.05, 4.69) is 10.3 Å². The third-order valence-corrected chi connectivity index (χ3v) is 2.73. The van der Waals surface area contributed by atoms with E-state index < -0.39 is 11.9 Å². The van der Waals surface area contributed by atoms with E-state index in [0.29, 0.717) is 11.5 Å². The summed E-state index contributed by atoms with van der Waals surface area (Å²) in [5, 5.41) is 7.07. The molecule has 0 unspecified atom stereocenters. The van der Waals surface area contributed by atoms with Gasteiger partial charge in [0.15, 0.2) is 5.69 Å². The van der Waals surface area contributed by atoms with Crippen LogP contribution in [0.5, 0.6) is 0 Å². The first-order chi connectivity index (χ1) is 9.75. The van der Waals surface area contributed by atoms with Gasteiger partial charge in [-0.05, 0) is 13.0 Å². The van der Waals surface area contributed by atoms with Crippen LogP contribution in [0.3, 0.4) is 0 Å². The second-order valence-corrected chi connectivity index (χ2v) is 4.58. The summed E-state index contributed by atoms with van der Waals surface area (Å²) >= 11 is 0. The van der Waals surface area contributed by atoms with Crippen molar-refractivity contribution >= 4 is 5.91 Å². The SMILES string of the molecule is Cc1cc(CN(C)C(=O)Cn2ccc(C(F)(F)F)n2)no1. The zero-order valence-corrected chi connectivity index (χ0v) is 11.4. The quantitative estimate of drug-likeness (QED) is 0.864. The third-order valence-electron chi connectivity index (χ3n) is 2.73. The van der Waals surface area contributed by atoms with Crippen molar-refractivity contribution in [2.75, 3.05) is 7.05 Å². The van der Waals surface area contributed by atoms with Gasteiger partial charge in [0.25, 0.3) is 0 Å². The molecule has 2 heterocycles. The molecule has 0 bridgehead atoms. The Morgan fingerprint density at radius 1 is 1.48 bits per heavy atom. The minimum atomic E-state index is -4.52. The van der Waals surface area contributed by atoms with Crippen LogP contribution in [-0.4, -0.2) is 32.8 Å². The van der Waals surface area contributed by atoms with Gasteiger partial charge in [0.05, 0.1) is 6.54 Å². The number of rotatable bonds is 4. The Labute approximate surface area is 118 Å². The van der Waals surface area contributed by atoms with Crippen LogP contribution in [0, 0.1) is 6.92 Å². The fourth-order valence-electron chi connectivity index (χ4n) is 1.68. The van der Waals surface area contributed by atoms with Gasteiger partial charge in [-0.25, -0.2) is 0 Å². The van der Waals surface area contributed by atoms with E-state index in [-0.39, 0.29) is 19.0 Å². The number of likely N-dealkylation sites (N-methyl/N-ethyl adjacent to an activating group) is 1. The molecule has 0 aliphatic carbocycles. The van der Waals surface area contributed by atoms with Gasteiger partial charge in [-0.1, -0.05) is 5.16 Å². The normalized spacial score (nSPS) is 11.7. The lowest BCUT2D eigenvalue weighted by Crippen LogP contribution is -2.30. The van der Waals surface area contributed by atoms with Gasteiger partial charge < -0.3 is 9.42 Å². The van der Waals surface area contributed by atoms with Crippen LogP contribution in [0.2, 0.25) is 0 Å². The topological polar surface area (TPSA) is 64.2 Å². The van der Waals surface area contributed by atoms with Crippen molar-refractivity contribution in [2.24, 2.45) is 0 Å². The Morgan fingerprint density at radius 3 is 2.71 bits per heavy atom. The maximum absolute atomic E-state index is 12.4. The molecule has 0 N–H and O–H groups in total. The standard InChI is InChI=1S/C12H13F3N4O2/c1-8-5-9(17-21-8)6-18(2)11(20)7-19-4-3-10(16-19)12(13,14)15/h3-5H,6-7H2,1-2H3. The fraction of sp³-hybridized carbons (Fsp3) is 0.417. The number of halogens is 3. The first-order valence-corrected chi connectivity index (χ1v) is 6.02. The molecule has 6 nitrogen and oxygen atoms in total. The molecule has 2 aromatic rings. The first kappa shape index (κ1) is 15.1. The van der Waals surface area contributed by atoms with Gasteiger partial charge >= 0.3 is 6.18 Å². The average molecular weight is 302 g/mol. The summed E-state index contributed by atoms with van der Waals surface area (Å²) in [5.41, 5.74) is -0.454. The summed E-state index contributed by atoms with van der Waals surface area (Å²) in [4.78, 5) is 13.2. The lowest BCUT2D eigenvalue weighted by Gasteiger charge is -2.15. The summed E-state index contributed by atoms with van der Waals surface area (Å²) in [5.74, 6) is 0.236. The van der Waals surface area contributed by atoms with Crippen molar-refractivity contribution in [3.05, 3.63) is 35.5 Å². The minimum absolute atomic E-state index is 0.212. The molecular formula is C12H13F3N4O2. The molecule has 0 saturated carbocycles. The number of nitrogens with zero attached hydrogens (tertiary/aromatic N) is 4. The fourth-order valence-corrected chi connectivity index (χ4v) is 1.68. The van der Waals surface area contributed by atoms with Crippen molar-refractivity contribution in [1.29, 1.82) is 0 Å². The molecular weight excluding hydrogens is 289 g/mol. The van der Waals surface area contributed by atoms with Crippen molar-refractivity contribution in [2.45, 2.75) is 26.2 Å². The third kappa shape index (κ3) is 3.83. The summed E-state index contributed by atoms with van der Waals surface area (Å²) in [6.07, 6.45) is -3.40. The van der Waals surface area contributed by atoms with Crippen molar-refractivity contribution in [3.8, 4) is 0 Å². The number of alkyl halides is 3. The largest absolute Gasteiger partial charge is 0.435 e. The van der Waals surface area contributed by atoms with Crippen molar-refractivity contribution < 1.29 is 22.5 Å². The average Bonchev–Trinajstić information content (AvgIpc) is 2.98. The summed E-state index contributed by atoms with van der Waals surface area (Å²) < 4.78 is 43.0. The Balaban J connectivity index is 1.96. The van der Waals surface area contributed by atoms with Gasteiger partial charge in [-0.3, -0.25) is 9.48 Å². The smallest absolute Gasteiger partial charge is 0.361 e. The molecule has 0 fully saturated rings. The van der Waals surface area contributed by atoms with E-state index in [1.54, 1.807) is 13.0 Å². The van der Waals surface area contributed by atoms with E-state index in [1.807, 2.05) is 0 Å². The zero-order valence-electron chi connectivity index (χ0n) is 11.4. The van der Waals surface area contributed by atoms with E-state index in [4.69, 9.17) is 4.52 Å². The lowest BCUT2D eigenvalue weighted by molar-refractivity contribution is -0.142. The molecule has 0 atom stereocenters. The Bertz CT molecular complexity index is 632. The summed E-state index contributed by atoms with van der Waals surface area (Å²) in [7, 11) is 1.53. The number of hydrogen-bond acceptors (Lipinski definition) is 4. The second-order valence-electron chi connectivity index (χ2n) is 4.58. The number of aryl methyl sites for hydroxylation is 1. The summed E-state index contributed by atoms with van der Waals surface area (Å²) in [6, 6.07) is 2.51. The molecule has 0 aliphatic heterocycles. The van der Waals surface area contributed by atoms with Crippen LogP contribution >= 0.6 is 0 Å². The van der Waals surface area contributed by atoms with Crippen molar-refractivity contribution in [3.63, 3.8) is 0 Å². The molecule has 114 valence electrons. The number of carbonyl (C=O) groups is 1. The maximum atomic E-state index is 12.4. The van der Waals surface area contributed by atoms with Gasteiger partial charge in [0.2, 0.25) is 5.91 Å². The number of carbonyl (C=O) groups excluding carboxylic acids is 1. The van der Waals surface area contributed by atoms with E-state index in [0.717, 1.165) is 16.9 Å². The molecule has 0 radical (unpaired) electrons. The molecule has 2 rings (SSSR count). The highest BCUT2D eigenvalue weighted by Crippen LogP contribution is 2.27. The highest BCUT2D eigenvalue weighted by Gasteiger charge is 2.33. The molecule has 21 heavy (non-hydrogen) atoms. The van der Waals surface area contributed by atoms with Gasteiger partial charge in [-0.15, -0.1) is 0 Å². The Hall–Kier alpha value is -2.32. The number of aromatic nitrogens is 3. The van der Waals surface area contributed by atoms with Crippen LogP contribution in [0.15, 0.2) is 22.9 Å². The molecule has 0 saturated heterocycles. The number of amides is 1. The monoisotopic (exact) mass is 302 g/mol. The molecule has 0 aliphatic rings. The second kappa shape index (κ2) is 5.58. The molecule has 0 spiro atoms. The van der Waals surface area contributed by atoms with E-state index in [9.17, 15) is 18.0 Å². The molecule has 2 aromatic heterocycles. The van der Waals surface area contributed by atoms with Gasteiger partial charge in [-0.2, -0.15) is 18.3 Å². The van der Waals surface area contributed by atoms with Crippen LogP contribution in [-0.2, 0) is 24.1 Å². The maximum Gasteiger partial charge on any atom is 0.435 e. The lowest BCUT2D eigenvalue weighted by atomic mass is 10.3. The van der Waals surface area contributed by atoms with Crippen LogP contribution in [0.25, 0.3) is 0 Å². The van der Waals surface area contributed by atoms with E-state index in [1.165, 1.54) is 11.9 Å². The first-order valence-electron chi connectivity index (χ1n) is 6.02. The van der Waals surface area contributed by atoms with Crippen LogP contribution in [0.4, 0.5) is 13.2 Å². The zero-order chi connectivity index (χ0) is 15.6. The Kier molecular flexibility index (Phi) is 4.01. The Morgan fingerprint density at radius 2 is 2.19 bits per heavy atom. The highest BCUT2D eigenvalue weighted by atomic mass is 19.4. The summed E-state index contributed by atoms with van der Waals surface area (Å²) in [6.45, 7) is 1.66. The highest BCUT2D eigenvalue weighted by molar-refractivity contribution is 5.75. The number of hydrogen-bond donors (Lipinski definition) is 0. The van der Waals surface area contributed by atoms with Crippen LogP contribution < -0.4 is 0 Å². The van der Waals surface area contributed by atoms with Crippen LogP contribution in [0.1, 0.15) is 17.1 Å². The predicted molar refractivity (Wildman–Crippen MR) is 64.9 cm³/mol.